The molecule has 96 valence electrons. The first-order valence-corrected chi connectivity index (χ1v) is 5.50. The van der Waals surface area contributed by atoms with Crippen LogP contribution in [0.2, 0.25) is 0 Å². The Balaban J connectivity index is 2.18. The van der Waals surface area contributed by atoms with Gasteiger partial charge in [0.25, 0.3) is 0 Å². The van der Waals surface area contributed by atoms with Crippen LogP contribution in [0.5, 0.6) is 0 Å². The Labute approximate surface area is 107 Å². The standard InChI is InChI=1S/C12H9F2N5/c1-18-7-16-17-12(18)19-5-4-15-11(19)9-3-2-8(13)6-10(9)14/h2-7H,1H3. The van der Waals surface area contributed by atoms with E-state index in [-0.39, 0.29) is 5.56 Å². The van der Waals surface area contributed by atoms with Crippen LogP contribution in [0.4, 0.5) is 8.78 Å². The Morgan fingerprint density at radius 3 is 2.74 bits per heavy atom. The number of imidazole rings is 1. The number of hydrogen-bond donors (Lipinski definition) is 0. The van der Waals surface area contributed by atoms with Crippen molar-refractivity contribution < 1.29 is 8.78 Å². The Morgan fingerprint density at radius 1 is 1.21 bits per heavy atom. The fourth-order valence-corrected chi connectivity index (χ4v) is 1.83. The number of aromatic nitrogens is 5. The van der Waals surface area contributed by atoms with Crippen LogP contribution in [0.3, 0.4) is 0 Å². The molecule has 0 unspecified atom stereocenters. The van der Waals surface area contributed by atoms with Crippen molar-refractivity contribution in [2.24, 2.45) is 7.05 Å². The van der Waals surface area contributed by atoms with Crippen molar-refractivity contribution in [3.63, 3.8) is 0 Å². The van der Waals surface area contributed by atoms with Crippen LogP contribution >= 0.6 is 0 Å². The van der Waals surface area contributed by atoms with Gasteiger partial charge in [-0.15, -0.1) is 10.2 Å². The smallest absolute Gasteiger partial charge is 0.236 e. The summed E-state index contributed by atoms with van der Waals surface area (Å²) in [6.45, 7) is 0. The summed E-state index contributed by atoms with van der Waals surface area (Å²) in [6, 6.07) is 3.36. The Bertz CT molecular complexity index is 731. The highest BCUT2D eigenvalue weighted by molar-refractivity contribution is 5.58. The maximum atomic E-state index is 13.8. The van der Waals surface area contributed by atoms with Gasteiger partial charge in [0.1, 0.15) is 23.8 Å². The molecule has 0 N–H and O–H groups in total. The summed E-state index contributed by atoms with van der Waals surface area (Å²) < 4.78 is 30.0. The number of hydrogen-bond acceptors (Lipinski definition) is 3. The zero-order chi connectivity index (χ0) is 13.4. The van der Waals surface area contributed by atoms with E-state index < -0.39 is 11.6 Å². The molecule has 0 atom stereocenters. The second-order valence-corrected chi connectivity index (χ2v) is 3.99. The molecule has 0 saturated heterocycles. The van der Waals surface area contributed by atoms with E-state index >= 15 is 0 Å². The predicted octanol–water partition coefficient (Wildman–Crippen LogP) is 1.95. The van der Waals surface area contributed by atoms with Crippen molar-refractivity contribution in [3.05, 3.63) is 48.6 Å². The summed E-state index contributed by atoms with van der Waals surface area (Å²) in [5.41, 5.74) is 0.203. The number of rotatable bonds is 2. The monoisotopic (exact) mass is 261 g/mol. The number of benzene rings is 1. The van der Waals surface area contributed by atoms with Gasteiger partial charge in [0, 0.05) is 25.5 Å². The summed E-state index contributed by atoms with van der Waals surface area (Å²) in [5.74, 6) is -0.461. The van der Waals surface area contributed by atoms with Gasteiger partial charge in [-0.25, -0.2) is 13.8 Å². The van der Waals surface area contributed by atoms with E-state index in [4.69, 9.17) is 0 Å². The van der Waals surface area contributed by atoms with Crippen LogP contribution in [0.15, 0.2) is 36.9 Å². The fraction of sp³-hybridized carbons (Fsp3) is 0.0833. The molecule has 0 fully saturated rings. The SMILES string of the molecule is Cn1cnnc1-n1ccnc1-c1ccc(F)cc1F. The Morgan fingerprint density at radius 2 is 2.05 bits per heavy atom. The van der Waals surface area contributed by atoms with Gasteiger partial charge in [-0.2, -0.15) is 0 Å². The maximum absolute atomic E-state index is 13.8. The zero-order valence-electron chi connectivity index (χ0n) is 9.96. The molecule has 0 aliphatic carbocycles. The molecule has 3 rings (SSSR count). The van der Waals surface area contributed by atoms with E-state index in [1.165, 1.54) is 24.7 Å². The average Bonchev–Trinajstić information content (AvgIpc) is 2.97. The number of aryl methyl sites for hydroxylation is 1. The zero-order valence-corrected chi connectivity index (χ0v) is 9.96. The molecule has 0 spiro atoms. The topological polar surface area (TPSA) is 48.5 Å². The van der Waals surface area contributed by atoms with Gasteiger partial charge in [-0.1, -0.05) is 0 Å². The summed E-state index contributed by atoms with van der Waals surface area (Å²) in [7, 11) is 1.76. The van der Waals surface area contributed by atoms with Crippen molar-refractivity contribution in [1.29, 1.82) is 0 Å². The van der Waals surface area contributed by atoms with E-state index in [2.05, 4.69) is 15.2 Å². The van der Waals surface area contributed by atoms with Gasteiger partial charge in [-0.05, 0) is 12.1 Å². The molecule has 19 heavy (non-hydrogen) atoms. The van der Waals surface area contributed by atoms with Gasteiger partial charge in [0.05, 0.1) is 5.56 Å². The molecule has 0 radical (unpaired) electrons. The minimum atomic E-state index is -0.672. The van der Waals surface area contributed by atoms with Crippen LogP contribution in [-0.2, 0) is 7.05 Å². The predicted molar refractivity (Wildman–Crippen MR) is 63.5 cm³/mol. The van der Waals surface area contributed by atoms with E-state index in [1.54, 1.807) is 22.4 Å². The van der Waals surface area contributed by atoms with Gasteiger partial charge in [0.15, 0.2) is 0 Å². The van der Waals surface area contributed by atoms with Gasteiger partial charge in [-0.3, -0.25) is 4.57 Å². The fourth-order valence-electron chi connectivity index (χ4n) is 1.83. The van der Waals surface area contributed by atoms with E-state index in [0.29, 0.717) is 11.8 Å². The van der Waals surface area contributed by atoms with Crippen molar-refractivity contribution in [2.45, 2.75) is 0 Å². The van der Waals surface area contributed by atoms with Crippen molar-refractivity contribution in [1.82, 2.24) is 24.3 Å². The second kappa shape index (κ2) is 4.27. The van der Waals surface area contributed by atoms with Crippen LogP contribution in [0, 0.1) is 11.6 Å². The maximum Gasteiger partial charge on any atom is 0.236 e. The first-order valence-electron chi connectivity index (χ1n) is 5.50. The Hall–Kier alpha value is -2.57. The van der Waals surface area contributed by atoms with Crippen LogP contribution in [0.25, 0.3) is 17.3 Å². The highest BCUT2D eigenvalue weighted by atomic mass is 19.1. The molecule has 5 nitrogen and oxygen atoms in total. The molecule has 0 saturated carbocycles. The number of nitrogens with zero attached hydrogens (tertiary/aromatic N) is 5. The van der Waals surface area contributed by atoms with Gasteiger partial charge < -0.3 is 4.57 Å². The summed E-state index contributed by atoms with van der Waals surface area (Å²) >= 11 is 0. The molecule has 0 aliphatic heterocycles. The van der Waals surface area contributed by atoms with E-state index in [0.717, 1.165) is 6.07 Å². The molecule has 2 heterocycles. The highest BCUT2D eigenvalue weighted by Crippen LogP contribution is 2.23. The van der Waals surface area contributed by atoms with Crippen molar-refractivity contribution >= 4 is 0 Å². The highest BCUT2D eigenvalue weighted by Gasteiger charge is 2.15. The molecule has 2 aromatic heterocycles. The van der Waals surface area contributed by atoms with Crippen LogP contribution < -0.4 is 0 Å². The quantitative estimate of drug-likeness (QED) is 0.708. The number of halogens is 2. The lowest BCUT2D eigenvalue weighted by Gasteiger charge is -2.07. The van der Waals surface area contributed by atoms with Gasteiger partial charge >= 0.3 is 0 Å². The minimum Gasteiger partial charge on any atom is -0.302 e. The minimum absolute atomic E-state index is 0.203. The Kier molecular flexibility index (Phi) is 2.59. The second-order valence-electron chi connectivity index (χ2n) is 3.99. The third kappa shape index (κ3) is 1.88. The largest absolute Gasteiger partial charge is 0.302 e. The first kappa shape index (κ1) is 11.5. The lowest BCUT2D eigenvalue weighted by atomic mass is 10.2. The molecule has 1 aromatic carbocycles. The molecular formula is C12H9F2N5. The molecular weight excluding hydrogens is 252 g/mol. The van der Waals surface area contributed by atoms with E-state index in [9.17, 15) is 8.78 Å². The van der Waals surface area contributed by atoms with Crippen LogP contribution in [0.1, 0.15) is 0 Å². The van der Waals surface area contributed by atoms with Crippen molar-refractivity contribution in [3.8, 4) is 17.3 Å². The van der Waals surface area contributed by atoms with Crippen LogP contribution in [-0.4, -0.2) is 24.3 Å². The van der Waals surface area contributed by atoms with Crippen molar-refractivity contribution in [2.75, 3.05) is 0 Å². The first-order chi connectivity index (χ1) is 9.16. The molecule has 0 aliphatic rings. The third-order valence-electron chi connectivity index (χ3n) is 2.72. The molecule has 0 bridgehead atoms. The lowest BCUT2D eigenvalue weighted by Crippen LogP contribution is -2.04. The van der Waals surface area contributed by atoms with Gasteiger partial charge in [0.2, 0.25) is 5.95 Å². The lowest BCUT2D eigenvalue weighted by molar-refractivity contribution is 0.584. The van der Waals surface area contributed by atoms with E-state index in [1.807, 2.05) is 0 Å². The summed E-state index contributed by atoms with van der Waals surface area (Å²) in [4.78, 5) is 4.09. The summed E-state index contributed by atoms with van der Waals surface area (Å²) in [6.07, 6.45) is 4.69. The normalized spacial score (nSPS) is 10.9. The molecule has 7 heteroatoms. The third-order valence-corrected chi connectivity index (χ3v) is 2.72. The summed E-state index contributed by atoms with van der Waals surface area (Å²) in [5, 5.41) is 7.69. The molecule has 3 aromatic rings. The average molecular weight is 261 g/mol. The molecule has 0 amide bonds.